The number of alkyl halides is 3. The number of carboxylic acid groups (broad SMARTS) is 1. The molecule has 7 nitrogen and oxygen atoms in total. The third-order valence-electron chi connectivity index (χ3n) is 4.64. The van der Waals surface area contributed by atoms with E-state index in [-0.39, 0.29) is 0 Å². The van der Waals surface area contributed by atoms with E-state index < -0.39 is 12.1 Å². The first-order valence-electron chi connectivity index (χ1n) is 9.07. The fourth-order valence-corrected chi connectivity index (χ4v) is 3.00. The number of rotatable bonds is 6. The highest BCUT2D eigenvalue weighted by atomic mass is 35.5. The van der Waals surface area contributed by atoms with E-state index in [2.05, 4.69) is 38.3 Å². The molecule has 1 saturated carbocycles. The molecule has 1 aliphatic rings. The molecule has 0 radical (unpaired) electrons. The van der Waals surface area contributed by atoms with Crippen LogP contribution in [0.2, 0.25) is 5.15 Å². The molecule has 29 heavy (non-hydrogen) atoms. The Balaban J connectivity index is 0.000000370. The van der Waals surface area contributed by atoms with Gasteiger partial charge in [0.2, 0.25) is 0 Å². The molecule has 0 aromatic carbocycles. The number of aryl methyl sites for hydroxylation is 2. The van der Waals surface area contributed by atoms with E-state index in [0.717, 1.165) is 48.8 Å². The van der Waals surface area contributed by atoms with Gasteiger partial charge in [-0.3, -0.25) is 0 Å². The van der Waals surface area contributed by atoms with Gasteiger partial charge in [-0.25, -0.2) is 19.7 Å². The lowest BCUT2D eigenvalue weighted by molar-refractivity contribution is -0.192. The maximum absolute atomic E-state index is 10.6. The van der Waals surface area contributed by atoms with Gasteiger partial charge >= 0.3 is 12.1 Å². The molecule has 0 aliphatic heterocycles. The number of carboxylic acids is 1. The van der Waals surface area contributed by atoms with E-state index in [1.54, 1.807) is 6.33 Å². The predicted molar refractivity (Wildman–Crippen MR) is 102 cm³/mol. The number of imidazole rings is 1. The molecule has 0 saturated heterocycles. The van der Waals surface area contributed by atoms with E-state index in [9.17, 15) is 13.2 Å². The van der Waals surface area contributed by atoms with Crippen molar-refractivity contribution in [2.45, 2.75) is 46.5 Å². The lowest BCUT2D eigenvalue weighted by atomic mass is 10.3. The zero-order chi connectivity index (χ0) is 21.8. The number of anilines is 1. The minimum absolute atomic E-state index is 0.585. The molecule has 1 aliphatic carbocycles. The van der Waals surface area contributed by atoms with Gasteiger partial charge in [0.05, 0.1) is 18.6 Å². The first kappa shape index (κ1) is 22.9. The molecule has 160 valence electrons. The second kappa shape index (κ2) is 9.43. The Kier molecular flexibility index (Phi) is 7.45. The lowest BCUT2D eigenvalue weighted by Crippen LogP contribution is -2.28. The Bertz CT molecular complexity index is 843. The minimum atomic E-state index is -5.08. The number of aromatic nitrogens is 4. The van der Waals surface area contributed by atoms with Crippen LogP contribution < -0.4 is 4.90 Å². The number of nitrogens with zero attached hydrogens (tertiary/aromatic N) is 5. The molecule has 0 spiro atoms. The van der Waals surface area contributed by atoms with Crippen molar-refractivity contribution in [3.8, 4) is 0 Å². The first-order chi connectivity index (χ1) is 13.5. The van der Waals surface area contributed by atoms with Gasteiger partial charge in [0.25, 0.3) is 0 Å². The van der Waals surface area contributed by atoms with Gasteiger partial charge in [0, 0.05) is 19.3 Å². The van der Waals surface area contributed by atoms with Crippen molar-refractivity contribution in [2.75, 3.05) is 11.4 Å². The summed E-state index contributed by atoms with van der Waals surface area (Å²) in [4.78, 5) is 24.2. The van der Waals surface area contributed by atoms with Crippen molar-refractivity contribution >= 4 is 23.4 Å². The summed E-state index contributed by atoms with van der Waals surface area (Å²) < 4.78 is 33.8. The highest BCUT2D eigenvalue weighted by molar-refractivity contribution is 6.30. The van der Waals surface area contributed by atoms with Crippen LogP contribution in [0.15, 0.2) is 18.6 Å². The Labute approximate surface area is 171 Å². The number of aliphatic carboxylic acids is 1. The van der Waals surface area contributed by atoms with Crippen LogP contribution in [0.25, 0.3) is 0 Å². The largest absolute Gasteiger partial charge is 0.490 e. The molecule has 0 bridgehead atoms. The Morgan fingerprint density at radius 2 is 2.03 bits per heavy atom. The molecule has 2 unspecified atom stereocenters. The summed E-state index contributed by atoms with van der Waals surface area (Å²) in [7, 11) is 0. The second-order valence-electron chi connectivity index (χ2n) is 6.89. The molecule has 1 fully saturated rings. The Hall–Kier alpha value is -2.36. The molecular weight excluding hydrogens is 411 g/mol. The van der Waals surface area contributed by atoms with Gasteiger partial charge in [-0.1, -0.05) is 18.5 Å². The number of carbonyl (C=O) groups is 1. The van der Waals surface area contributed by atoms with Crippen molar-refractivity contribution in [1.29, 1.82) is 0 Å². The molecule has 0 amide bonds. The maximum atomic E-state index is 10.6. The molecular formula is C18H23ClF3N5O2. The predicted octanol–water partition coefficient (Wildman–Crippen LogP) is 3.95. The van der Waals surface area contributed by atoms with Gasteiger partial charge in [-0.15, -0.1) is 0 Å². The average molecular weight is 434 g/mol. The summed E-state index contributed by atoms with van der Waals surface area (Å²) in [5.74, 6) is 0.546. The third kappa shape index (κ3) is 6.59. The minimum Gasteiger partial charge on any atom is -0.475 e. The fourth-order valence-electron chi connectivity index (χ4n) is 2.79. The van der Waals surface area contributed by atoms with Gasteiger partial charge in [0.15, 0.2) is 5.15 Å². The Morgan fingerprint density at radius 1 is 1.41 bits per heavy atom. The van der Waals surface area contributed by atoms with Crippen LogP contribution in [-0.2, 0) is 17.9 Å². The zero-order valence-corrected chi connectivity index (χ0v) is 17.1. The fraction of sp³-hybridized carbons (Fsp3) is 0.556. The summed E-state index contributed by atoms with van der Waals surface area (Å²) in [6.07, 6.45) is -0.165. The SMILES string of the molecule is CCn1cnc(Cl)c1CN(CC1CC1C)c1ccnc(C)n1.O=C(O)C(F)(F)F. The molecule has 2 heterocycles. The maximum Gasteiger partial charge on any atom is 0.490 e. The summed E-state index contributed by atoms with van der Waals surface area (Å²) >= 11 is 6.28. The smallest absolute Gasteiger partial charge is 0.475 e. The molecule has 2 atom stereocenters. The molecule has 2 aromatic rings. The lowest BCUT2D eigenvalue weighted by Gasteiger charge is -2.24. The van der Waals surface area contributed by atoms with Crippen LogP contribution in [0.5, 0.6) is 0 Å². The van der Waals surface area contributed by atoms with Crippen molar-refractivity contribution in [2.24, 2.45) is 11.8 Å². The summed E-state index contributed by atoms with van der Waals surface area (Å²) in [6.45, 7) is 8.92. The number of halogens is 4. The van der Waals surface area contributed by atoms with Crippen LogP contribution in [-0.4, -0.2) is 43.3 Å². The zero-order valence-electron chi connectivity index (χ0n) is 16.3. The molecule has 11 heteroatoms. The average Bonchev–Trinajstić information content (AvgIpc) is 3.22. The van der Waals surface area contributed by atoms with Crippen molar-refractivity contribution < 1.29 is 23.1 Å². The van der Waals surface area contributed by atoms with Gasteiger partial charge in [0.1, 0.15) is 11.6 Å². The Morgan fingerprint density at radius 3 is 2.52 bits per heavy atom. The van der Waals surface area contributed by atoms with E-state index in [1.807, 2.05) is 19.2 Å². The van der Waals surface area contributed by atoms with E-state index in [0.29, 0.717) is 5.15 Å². The highest BCUT2D eigenvalue weighted by Gasteiger charge is 2.38. The third-order valence-corrected chi connectivity index (χ3v) is 4.95. The van der Waals surface area contributed by atoms with Crippen LogP contribution in [0, 0.1) is 18.8 Å². The van der Waals surface area contributed by atoms with Crippen LogP contribution in [0.3, 0.4) is 0 Å². The summed E-state index contributed by atoms with van der Waals surface area (Å²) in [6, 6.07) is 1.97. The van der Waals surface area contributed by atoms with Gasteiger partial charge in [-0.05, 0) is 38.2 Å². The van der Waals surface area contributed by atoms with Crippen molar-refractivity contribution in [1.82, 2.24) is 19.5 Å². The van der Waals surface area contributed by atoms with E-state index in [1.165, 1.54) is 6.42 Å². The topological polar surface area (TPSA) is 84.1 Å². The van der Waals surface area contributed by atoms with Gasteiger partial charge < -0.3 is 14.6 Å². The van der Waals surface area contributed by atoms with E-state index >= 15 is 0 Å². The summed E-state index contributed by atoms with van der Waals surface area (Å²) in [5.41, 5.74) is 1.05. The number of hydrogen-bond donors (Lipinski definition) is 1. The van der Waals surface area contributed by atoms with Crippen molar-refractivity contribution in [3.63, 3.8) is 0 Å². The van der Waals surface area contributed by atoms with Gasteiger partial charge in [-0.2, -0.15) is 13.2 Å². The van der Waals surface area contributed by atoms with Crippen LogP contribution >= 0.6 is 11.6 Å². The molecule has 2 aromatic heterocycles. The van der Waals surface area contributed by atoms with E-state index in [4.69, 9.17) is 21.5 Å². The quantitative estimate of drug-likeness (QED) is 0.742. The normalized spacial score (nSPS) is 18.0. The molecule has 1 N–H and O–H groups in total. The molecule has 3 rings (SSSR count). The van der Waals surface area contributed by atoms with Crippen LogP contribution in [0.4, 0.5) is 19.0 Å². The highest BCUT2D eigenvalue weighted by Crippen LogP contribution is 2.39. The van der Waals surface area contributed by atoms with Crippen LogP contribution in [0.1, 0.15) is 31.8 Å². The summed E-state index contributed by atoms with van der Waals surface area (Å²) in [5, 5.41) is 7.71. The standard InChI is InChI=1S/C16H22ClN5.C2HF3O2/c1-4-21-10-19-16(17)14(21)9-22(8-13-7-11(13)2)15-5-6-18-12(3)20-15;3-2(4,5)1(6)7/h5-6,10-11,13H,4,7-9H2,1-3H3;(H,6,7). The second-order valence-corrected chi connectivity index (χ2v) is 7.24. The monoisotopic (exact) mass is 433 g/mol. The van der Waals surface area contributed by atoms with Crippen molar-refractivity contribution in [3.05, 3.63) is 35.3 Å². The number of hydrogen-bond acceptors (Lipinski definition) is 5. The first-order valence-corrected chi connectivity index (χ1v) is 9.44.